The zero-order chi connectivity index (χ0) is 18.7. The highest BCUT2D eigenvalue weighted by molar-refractivity contribution is 7.14. The van der Waals surface area contributed by atoms with Crippen LogP contribution in [-0.4, -0.2) is 49.0 Å². The number of esters is 1. The molecule has 0 bridgehead atoms. The lowest BCUT2D eigenvalue weighted by atomic mass is 10.2. The summed E-state index contributed by atoms with van der Waals surface area (Å²) in [7, 11) is 1.30. The standard InChI is InChI=1S/C16H18N4O4S2.ClH/c1-24-16(23)9-4-7-25-15(9)20-6-3-10(14(20)22)19-13(21)11-8-26-12(18-11)2-5-17;/h4,7-8,10H,2-3,5-6,17H2,1H3,(H,19,21);1H. The fraction of sp³-hybridized carbons (Fsp3) is 0.375. The molecule has 1 atom stereocenters. The third-order valence-corrected chi connectivity index (χ3v) is 5.79. The van der Waals surface area contributed by atoms with Crippen molar-refractivity contribution in [1.29, 1.82) is 0 Å². The minimum atomic E-state index is -0.644. The maximum Gasteiger partial charge on any atom is 0.340 e. The van der Waals surface area contributed by atoms with E-state index in [1.165, 1.54) is 34.7 Å². The van der Waals surface area contributed by atoms with E-state index in [0.29, 0.717) is 36.5 Å². The molecule has 2 aromatic heterocycles. The molecule has 0 saturated carbocycles. The first kappa shape index (κ1) is 21.3. The first-order valence-corrected chi connectivity index (χ1v) is 9.73. The Hall–Kier alpha value is -2.01. The largest absolute Gasteiger partial charge is 0.465 e. The van der Waals surface area contributed by atoms with Crippen molar-refractivity contribution in [2.24, 2.45) is 5.73 Å². The van der Waals surface area contributed by atoms with Crippen LogP contribution >= 0.6 is 35.1 Å². The molecule has 0 aromatic carbocycles. The maximum absolute atomic E-state index is 12.7. The zero-order valence-electron chi connectivity index (χ0n) is 14.5. The Morgan fingerprint density at radius 2 is 2.22 bits per heavy atom. The van der Waals surface area contributed by atoms with Gasteiger partial charge in [-0.25, -0.2) is 9.78 Å². The number of carbonyl (C=O) groups excluding carboxylic acids is 3. The lowest BCUT2D eigenvalue weighted by molar-refractivity contribution is -0.118. The second kappa shape index (κ2) is 9.27. The summed E-state index contributed by atoms with van der Waals surface area (Å²) in [5.41, 5.74) is 6.12. The summed E-state index contributed by atoms with van der Waals surface area (Å²) in [6.07, 6.45) is 1.08. The van der Waals surface area contributed by atoms with Crippen LogP contribution in [0.1, 0.15) is 32.3 Å². The number of hydrogen-bond acceptors (Lipinski definition) is 8. The lowest BCUT2D eigenvalue weighted by Crippen LogP contribution is -2.41. The number of nitrogens with zero attached hydrogens (tertiary/aromatic N) is 2. The number of carbonyl (C=O) groups is 3. The van der Waals surface area contributed by atoms with E-state index in [-0.39, 0.29) is 29.9 Å². The fourth-order valence-corrected chi connectivity index (χ4v) is 4.39. The normalized spacial score (nSPS) is 16.1. The predicted octanol–water partition coefficient (Wildman–Crippen LogP) is 1.45. The van der Waals surface area contributed by atoms with Gasteiger partial charge in [0.15, 0.2) is 0 Å². The van der Waals surface area contributed by atoms with Gasteiger partial charge in [-0.3, -0.25) is 9.59 Å². The Bertz CT molecular complexity index is 838. The Morgan fingerprint density at radius 1 is 1.44 bits per heavy atom. The Labute approximate surface area is 170 Å². The number of hydrogen-bond donors (Lipinski definition) is 2. The van der Waals surface area contributed by atoms with Crippen LogP contribution in [-0.2, 0) is 16.0 Å². The maximum atomic E-state index is 12.7. The SMILES string of the molecule is COC(=O)c1ccsc1N1CCC(NC(=O)c2csc(CCN)n2)C1=O.Cl. The first-order valence-electron chi connectivity index (χ1n) is 7.97. The molecule has 27 heavy (non-hydrogen) atoms. The minimum absolute atomic E-state index is 0. The van der Waals surface area contributed by atoms with Crippen LogP contribution < -0.4 is 16.0 Å². The highest BCUT2D eigenvalue weighted by Gasteiger charge is 2.36. The third kappa shape index (κ3) is 4.46. The molecule has 1 aliphatic rings. The quantitative estimate of drug-likeness (QED) is 0.670. The van der Waals surface area contributed by atoms with Crippen LogP contribution in [0.25, 0.3) is 0 Å². The molecule has 0 aliphatic carbocycles. The number of thiazole rings is 1. The van der Waals surface area contributed by atoms with Crippen LogP contribution in [0.3, 0.4) is 0 Å². The topological polar surface area (TPSA) is 115 Å². The molecule has 2 aromatic rings. The third-order valence-electron chi connectivity index (χ3n) is 3.95. The zero-order valence-corrected chi connectivity index (χ0v) is 16.9. The Kier molecular flexibility index (Phi) is 7.31. The smallest absolute Gasteiger partial charge is 0.340 e. The van der Waals surface area contributed by atoms with Gasteiger partial charge < -0.3 is 20.7 Å². The van der Waals surface area contributed by atoms with Crippen molar-refractivity contribution in [2.75, 3.05) is 25.1 Å². The number of methoxy groups -OCH3 is 1. The molecule has 3 rings (SSSR count). The average Bonchev–Trinajstić information content (AvgIpc) is 3.35. The molecular formula is C16H19ClN4O4S2. The number of ether oxygens (including phenoxy) is 1. The fourth-order valence-electron chi connectivity index (χ4n) is 2.68. The summed E-state index contributed by atoms with van der Waals surface area (Å²) in [5, 5.41) is 7.45. The molecule has 0 radical (unpaired) electrons. The highest BCUT2D eigenvalue weighted by Crippen LogP contribution is 2.31. The highest BCUT2D eigenvalue weighted by atomic mass is 35.5. The monoisotopic (exact) mass is 430 g/mol. The molecule has 1 unspecified atom stereocenters. The molecule has 3 heterocycles. The van der Waals surface area contributed by atoms with Gasteiger partial charge in [-0.2, -0.15) is 0 Å². The molecule has 146 valence electrons. The lowest BCUT2D eigenvalue weighted by Gasteiger charge is -2.16. The van der Waals surface area contributed by atoms with E-state index >= 15 is 0 Å². The average molecular weight is 431 g/mol. The van der Waals surface area contributed by atoms with Crippen LogP contribution in [0.5, 0.6) is 0 Å². The number of nitrogens with two attached hydrogens (primary N) is 1. The molecule has 3 N–H and O–H groups in total. The van der Waals surface area contributed by atoms with Gasteiger partial charge in [0.1, 0.15) is 16.7 Å². The summed E-state index contributed by atoms with van der Waals surface area (Å²) < 4.78 is 4.75. The van der Waals surface area contributed by atoms with Gasteiger partial charge in [0.2, 0.25) is 5.91 Å². The van der Waals surface area contributed by atoms with E-state index < -0.39 is 12.0 Å². The molecule has 1 saturated heterocycles. The summed E-state index contributed by atoms with van der Waals surface area (Å²) in [5.74, 6) is -1.12. The van der Waals surface area contributed by atoms with Crippen LogP contribution in [0, 0.1) is 0 Å². The van der Waals surface area contributed by atoms with Gasteiger partial charge in [-0.15, -0.1) is 35.1 Å². The summed E-state index contributed by atoms with van der Waals surface area (Å²) in [6.45, 7) is 0.887. The molecular weight excluding hydrogens is 412 g/mol. The minimum Gasteiger partial charge on any atom is -0.465 e. The summed E-state index contributed by atoms with van der Waals surface area (Å²) in [6, 6.07) is 0.981. The summed E-state index contributed by atoms with van der Waals surface area (Å²) >= 11 is 2.66. The van der Waals surface area contributed by atoms with Gasteiger partial charge in [-0.05, 0) is 24.4 Å². The van der Waals surface area contributed by atoms with Crippen molar-refractivity contribution < 1.29 is 19.1 Å². The molecule has 11 heteroatoms. The molecule has 0 spiro atoms. The van der Waals surface area contributed by atoms with Crippen molar-refractivity contribution in [1.82, 2.24) is 10.3 Å². The number of aromatic nitrogens is 1. The number of nitrogens with one attached hydrogen (secondary N) is 1. The number of halogens is 1. The van der Waals surface area contributed by atoms with Gasteiger partial charge in [0.25, 0.3) is 5.91 Å². The van der Waals surface area contributed by atoms with E-state index in [2.05, 4.69) is 10.3 Å². The van der Waals surface area contributed by atoms with E-state index in [1.807, 2.05) is 0 Å². The van der Waals surface area contributed by atoms with Crippen LogP contribution in [0.4, 0.5) is 5.00 Å². The van der Waals surface area contributed by atoms with Crippen molar-refractivity contribution in [3.05, 3.63) is 33.1 Å². The van der Waals surface area contributed by atoms with Crippen molar-refractivity contribution in [3.8, 4) is 0 Å². The first-order chi connectivity index (χ1) is 12.5. The number of anilines is 1. The van der Waals surface area contributed by atoms with Gasteiger partial charge in [0, 0.05) is 18.3 Å². The van der Waals surface area contributed by atoms with Crippen LogP contribution in [0.2, 0.25) is 0 Å². The van der Waals surface area contributed by atoms with Gasteiger partial charge in [-0.1, -0.05) is 0 Å². The molecule has 2 amide bonds. The van der Waals surface area contributed by atoms with E-state index in [1.54, 1.807) is 16.8 Å². The van der Waals surface area contributed by atoms with Gasteiger partial charge in [0.05, 0.1) is 17.7 Å². The number of rotatable bonds is 6. The Balaban J connectivity index is 0.00000261. The van der Waals surface area contributed by atoms with Crippen LogP contribution in [0.15, 0.2) is 16.8 Å². The number of thiophene rings is 1. The molecule has 1 fully saturated rings. The van der Waals surface area contributed by atoms with E-state index in [0.717, 1.165) is 5.01 Å². The van der Waals surface area contributed by atoms with Gasteiger partial charge >= 0.3 is 5.97 Å². The molecule has 8 nitrogen and oxygen atoms in total. The summed E-state index contributed by atoms with van der Waals surface area (Å²) in [4.78, 5) is 42.6. The molecule has 1 aliphatic heterocycles. The second-order valence-electron chi connectivity index (χ2n) is 5.60. The van der Waals surface area contributed by atoms with E-state index in [4.69, 9.17) is 10.5 Å². The second-order valence-corrected chi connectivity index (χ2v) is 7.44. The predicted molar refractivity (Wildman–Crippen MR) is 106 cm³/mol. The Morgan fingerprint density at radius 3 is 2.93 bits per heavy atom. The van der Waals surface area contributed by atoms with Crippen molar-refractivity contribution in [2.45, 2.75) is 18.9 Å². The van der Waals surface area contributed by atoms with Crippen molar-refractivity contribution >= 4 is 57.9 Å². The number of amides is 2. The van der Waals surface area contributed by atoms with Crippen molar-refractivity contribution in [3.63, 3.8) is 0 Å². The van der Waals surface area contributed by atoms with E-state index in [9.17, 15) is 14.4 Å².